The van der Waals surface area contributed by atoms with Crippen molar-refractivity contribution in [1.82, 2.24) is 10.6 Å². The number of nitrogens with one attached hydrogen (secondary N) is 2. The van der Waals surface area contributed by atoms with Crippen LogP contribution in [0.4, 0.5) is 0 Å². The largest absolute Gasteiger partial charge is 0.455 e. The van der Waals surface area contributed by atoms with Crippen LogP contribution >= 0.6 is 0 Å². The van der Waals surface area contributed by atoms with E-state index < -0.39 is 90.1 Å². The molecule has 15 nitrogen and oxygen atoms in total. The first-order chi connectivity index (χ1) is 33.1. The van der Waals surface area contributed by atoms with Crippen LogP contribution in [0.1, 0.15) is 36.1 Å². The summed E-state index contributed by atoms with van der Waals surface area (Å²) in [5.74, 6) is -0.603. The summed E-state index contributed by atoms with van der Waals surface area (Å²) in [6.45, 7) is 11.8. The minimum atomic E-state index is -2.83. The fourth-order valence-corrected chi connectivity index (χ4v) is 18.6. The lowest BCUT2D eigenvalue weighted by Crippen LogP contribution is -2.67. The number of rotatable bonds is 24. The Hall–Kier alpha value is -4.19. The van der Waals surface area contributed by atoms with Gasteiger partial charge in [-0.15, -0.1) is 0 Å². The lowest BCUT2D eigenvalue weighted by atomic mass is 9.93. The Morgan fingerprint density at radius 3 is 1.04 bits per heavy atom. The summed E-state index contributed by atoms with van der Waals surface area (Å²) in [5, 5.41) is 30.7. The van der Waals surface area contributed by atoms with E-state index in [2.05, 4.69) is 10.6 Å². The van der Waals surface area contributed by atoms with E-state index >= 15 is 0 Å². The monoisotopic (exact) mass is 988 g/mol. The predicted octanol–water partition coefficient (Wildman–Crippen LogP) is 6.23. The molecule has 0 radical (unpaired) electrons. The first-order valence-corrected chi connectivity index (χ1v) is 29.9. The number of aliphatic hydroxyl groups excluding tert-OH is 2. The third-order valence-electron chi connectivity index (χ3n) is 12.2. The molecule has 2 saturated heterocycles. The number of aliphatic hydroxyl groups is 2. The van der Waals surface area contributed by atoms with Crippen LogP contribution in [0.2, 0.25) is 38.3 Å². The Bertz CT molecular complexity index is 1990. The molecule has 0 saturated carbocycles. The Morgan fingerprint density at radius 1 is 0.507 bits per heavy atom. The van der Waals surface area contributed by atoms with E-state index in [4.69, 9.17) is 42.0 Å². The highest BCUT2D eigenvalue weighted by atomic mass is 28.4. The van der Waals surface area contributed by atoms with Crippen molar-refractivity contribution in [2.24, 2.45) is 0 Å². The standard InChI is InChI=1S/C52H72N2O13Si2/c1-35(55)53-43-47(61-29-37-21-13-9-14-22-37)49(63-31-39-25-17-11-18-26-39)45(65-51(43)59-3)41(57)33-68(5,6)67-69(7,8)34-42(58)46-50(64-32-40-27-19-12-20-28-40)48(62-30-38-23-15-10-16-24-38)44(54-36(2)56)52(60-4)66-46/h9-28,41-52,57-58H,29-34H2,1-8H3,(H,53,55)(H,54,56)/t41-,42-,43+,44+,45+,46+,47+,48+,49+,50+,51-,52-/m0/s1. The Labute approximate surface area is 409 Å². The first-order valence-electron chi connectivity index (χ1n) is 23.7. The molecule has 69 heavy (non-hydrogen) atoms. The summed E-state index contributed by atoms with van der Waals surface area (Å²) in [6.07, 6.45) is -9.40. The van der Waals surface area contributed by atoms with Gasteiger partial charge >= 0.3 is 0 Å². The van der Waals surface area contributed by atoms with Gasteiger partial charge in [0.05, 0.1) is 38.6 Å². The zero-order chi connectivity index (χ0) is 49.6. The number of hydrogen-bond acceptors (Lipinski definition) is 13. The highest BCUT2D eigenvalue weighted by Gasteiger charge is 2.54. The molecule has 2 fully saturated rings. The maximum atomic E-state index is 12.6. The number of hydrogen-bond donors (Lipinski definition) is 4. The van der Waals surface area contributed by atoms with Gasteiger partial charge in [-0.25, -0.2) is 0 Å². The molecule has 2 amide bonds. The molecular formula is C52H72N2O13Si2. The van der Waals surface area contributed by atoms with Gasteiger partial charge in [0, 0.05) is 28.1 Å². The van der Waals surface area contributed by atoms with Gasteiger partial charge in [0.25, 0.3) is 0 Å². The summed E-state index contributed by atoms with van der Waals surface area (Å²) in [4.78, 5) is 25.3. The number of ether oxygens (including phenoxy) is 8. The second-order valence-electron chi connectivity index (χ2n) is 19.1. The van der Waals surface area contributed by atoms with Crippen molar-refractivity contribution in [3.8, 4) is 0 Å². The molecule has 0 aliphatic carbocycles. The molecule has 17 heteroatoms. The number of carbonyl (C=O) groups excluding carboxylic acids is 2. The van der Waals surface area contributed by atoms with Crippen molar-refractivity contribution in [3.05, 3.63) is 144 Å². The van der Waals surface area contributed by atoms with Gasteiger partial charge in [0.2, 0.25) is 11.8 Å². The van der Waals surface area contributed by atoms with Crippen molar-refractivity contribution in [2.45, 2.75) is 152 Å². The molecule has 0 unspecified atom stereocenters. The van der Waals surface area contributed by atoms with Gasteiger partial charge in [-0.05, 0) is 60.5 Å². The van der Waals surface area contributed by atoms with E-state index in [0.29, 0.717) is 0 Å². The zero-order valence-electron chi connectivity index (χ0n) is 41.1. The van der Waals surface area contributed by atoms with Crippen LogP contribution in [0.3, 0.4) is 0 Å². The van der Waals surface area contributed by atoms with E-state index in [-0.39, 0.29) is 50.3 Å². The van der Waals surface area contributed by atoms with Gasteiger partial charge in [0.1, 0.15) is 48.7 Å². The van der Waals surface area contributed by atoms with Crippen LogP contribution in [0, 0.1) is 0 Å². The quantitative estimate of drug-likeness (QED) is 0.0581. The highest BCUT2D eigenvalue weighted by molar-refractivity contribution is 6.85. The van der Waals surface area contributed by atoms with E-state index in [9.17, 15) is 19.8 Å². The van der Waals surface area contributed by atoms with Crippen molar-refractivity contribution < 1.29 is 61.8 Å². The second-order valence-corrected chi connectivity index (χ2v) is 27.7. The third-order valence-corrected chi connectivity index (χ3v) is 19.5. The summed E-state index contributed by atoms with van der Waals surface area (Å²) in [7, 11) is -2.69. The Kier molecular flexibility index (Phi) is 20.2. The number of amides is 2. The highest BCUT2D eigenvalue weighted by Crippen LogP contribution is 2.36. The molecule has 4 aromatic rings. The average molecular weight is 989 g/mol. The van der Waals surface area contributed by atoms with Crippen LogP contribution in [-0.2, 0) is 78.0 Å². The third kappa shape index (κ3) is 15.9. The van der Waals surface area contributed by atoms with Crippen LogP contribution in [0.5, 0.6) is 0 Å². The van der Waals surface area contributed by atoms with E-state index in [1.54, 1.807) is 0 Å². The van der Waals surface area contributed by atoms with Crippen LogP contribution in [-0.4, -0.2) is 126 Å². The molecule has 12 atom stereocenters. The summed E-state index contributed by atoms with van der Waals surface area (Å²) < 4.78 is 58.5. The SMILES string of the molecule is CO[C@H]1O[C@H]([C@@H](O)C[Si](C)(C)O[Si](C)(C)C[C@H](O)[C@H]2O[C@H](OC)[C@H](NC(C)=O)[C@@H](OCc3ccccc3)[C@@H]2OCc2ccccc2)[C@@H](OCc2ccccc2)[C@H](OCc2ccccc2)[C@H]1NC(C)=O. The number of methoxy groups -OCH3 is 2. The van der Waals surface area contributed by atoms with E-state index in [1.807, 2.05) is 148 Å². The molecule has 376 valence electrons. The normalized spacial score (nSPS) is 26.2. The predicted molar refractivity (Wildman–Crippen MR) is 264 cm³/mol. The zero-order valence-corrected chi connectivity index (χ0v) is 43.1. The van der Waals surface area contributed by atoms with Crippen molar-refractivity contribution in [3.63, 3.8) is 0 Å². The maximum absolute atomic E-state index is 12.6. The number of carbonyl (C=O) groups is 2. The molecule has 4 aromatic carbocycles. The Balaban J connectivity index is 1.23. The Morgan fingerprint density at radius 2 is 0.783 bits per heavy atom. The van der Waals surface area contributed by atoms with E-state index in [0.717, 1.165) is 22.3 Å². The fourth-order valence-electron chi connectivity index (χ4n) is 9.43. The lowest BCUT2D eigenvalue weighted by molar-refractivity contribution is -0.291. The molecule has 0 spiro atoms. The number of benzene rings is 4. The van der Waals surface area contributed by atoms with Crippen molar-refractivity contribution >= 4 is 28.4 Å². The fraction of sp³-hybridized carbons (Fsp3) is 0.500. The smallest absolute Gasteiger partial charge is 0.217 e. The average Bonchev–Trinajstić information content (AvgIpc) is 3.32. The minimum absolute atomic E-state index is 0.190. The van der Waals surface area contributed by atoms with Crippen molar-refractivity contribution in [1.29, 1.82) is 0 Å². The molecule has 4 N–H and O–H groups in total. The van der Waals surface area contributed by atoms with E-state index in [1.165, 1.54) is 28.1 Å². The molecule has 6 rings (SSSR count). The van der Waals surface area contributed by atoms with Crippen LogP contribution in [0.25, 0.3) is 0 Å². The molecule has 2 aliphatic rings. The maximum Gasteiger partial charge on any atom is 0.217 e. The summed E-state index contributed by atoms with van der Waals surface area (Å²) in [5.41, 5.74) is 3.66. The van der Waals surface area contributed by atoms with Gasteiger partial charge in [-0.1, -0.05) is 121 Å². The molecule has 2 heterocycles. The minimum Gasteiger partial charge on any atom is -0.455 e. The van der Waals surface area contributed by atoms with Crippen LogP contribution in [0.15, 0.2) is 121 Å². The lowest BCUT2D eigenvalue weighted by Gasteiger charge is -2.48. The second kappa shape index (κ2) is 25.8. The topological polar surface area (TPSA) is 182 Å². The molecule has 0 aromatic heterocycles. The first kappa shape index (κ1) is 54.2. The summed E-state index contributed by atoms with van der Waals surface area (Å²) >= 11 is 0. The van der Waals surface area contributed by atoms with Crippen molar-refractivity contribution in [2.75, 3.05) is 14.2 Å². The molecule has 2 aliphatic heterocycles. The molecule has 0 bridgehead atoms. The van der Waals surface area contributed by atoms with Crippen LogP contribution < -0.4 is 10.6 Å². The van der Waals surface area contributed by atoms with Gasteiger partial charge in [-0.2, -0.15) is 0 Å². The van der Waals surface area contributed by atoms with Gasteiger partial charge in [-0.3, -0.25) is 9.59 Å². The molecular weight excluding hydrogens is 917 g/mol. The summed E-state index contributed by atoms with van der Waals surface area (Å²) in [6, 6.07) is 37.7. The van der Waals surface area contributed by atoms with Gasteiger partial charge in [0.15, 0.2) is 29.2 Å². The van der Waals surface area contributed by atoms with Gasteiger partial charge < -0.3 is 62.9 Å².